The lowest BCUT2D eigenvalue weighted by Gasteiger charge is -1.56. The molecule has 0 aromatic heterocycles. The molecule has 0 rings (SSSR count). The van der Waals surface area contributed by atoms with Crippen LogP contribution in [0.1, 0.15) is 13.8 Å². The normalized spacial score (nSPS) is 1.08. The number of Topliss-reactive ketones (excluding diaryl/α,β-unsaturated/α-hetero) is 1. The minimum absolute atomic E-state index is 0. The van der Waals surface area contributed by atoms with E-state index in [0.717, 1.165) is 0 Å². The first-order chi connectivity index (χ1) is 1.73. The quantitative estimate of drug-likeness (QED) is 0.363. The maximum Gasteiger partial charge on any atom is 0.126 e. The summed E-state index contributed by atoms with van der Waals surface area (Å²) >= 11 is 0. The maximum absolute atomic E-state index is 9.44. The summed E-state index contributed by atoms with van der Waals surface area (Å²) in [6.45, 7) is 3.06. The van der Waals surface area contributed by atoms with Crippen molar-refractivity contribution in [2.24, 2.45) is 0 Å². The van der Waals surface area contributed by atoms with E-state index in [-0.39, 0.29) is 115 Å². The van der Waals surface area contributed by atoms with Gasteiger partial charge in [-0.25, -0.2) is 0 Å². The highest BCUT2D eigenvalue weighted by Crippen LogP contribution is 1.50. The summed E-state index contributed by atoms with van der Waals surface area (Å²) in [7, 11) is 0. The highest BCUT2D eigenvalue weighted by atomic mass is 16.1. The lowest BCUT2D eigenvalue weighted by atomic mass is 10.6. The molecule has 0 amide bonds. The van der Waals surface area contributed by atoms with Gasteiger partial charge in [0.15, 0.2) is 0 Å². The molecule has 0 aliphatic carbocycles. The number of ketones is 1. The van der Waals surface area contributed by atoms with Crippen LogP contribution in [0.5, 0.6) is 0 Å². The third kappa shape index (κ3) is 6450. The molecule has 0 aliphatic rings. The Kier molecular flexibility index (Phi) is 355000. The molecule has 0 heterocycles. The molecule has 0 saturated heterocycles. The third-order valence-corrected chi connectivity index (χ3v) is 0. The average Bonchev–Trinajstić information content (AvgIpc) is 0.811. The van der Waals surface area contributed by atoms with Gasteiger partial charge in [-0.05, 0) is 13.8 Å². The molecule has 184 valence electrons. The van der Waals surface area contributed by atoms with E-state index in [9.17, 15) is 4.79 Å². The number of carbonyl (C=O) groups is 1. The fourth-order valence-corrected chi connectivity index (χ4v) is 0. The van der Waals surface area contributed by atoms with E-state index >= 15 is 0 Å². The molecule has 24 heavy (non-hydrogen) atoms. The summed E-state index contributed by atoms with van der Waals surface area (Å²) < 4.78 is 0. The van der Waals surface area contributed by atoms with Crippen molar-refractivity contribution in [1.82, 2.24) is 0 Å². The van der Waals surface area contributed by atoms with E-state index in [0.29, 0.717) is 0 Å². The minimum atomic E-state index is 0. The lowest BCUT2D eigenvalue weighted by molar-refractivity contribution is -0.115. The van der Waals surface area contributed by atoms with Gasteiger partial charge in [-0.15, -0.1) is 0 Å². The van der Waals surface area contributed by atoms with Gasteiger partial charge in [0.2, 0.25) is 0 Å². The van der Waals surface area contributed by atoms with Gasteiger partial charge < -0.3 is 114 Å². The highest BCUT2D eigenvalue weighted by Gasteiger charge is 1.62. The predicted molar refractivity (Wildman–Crippen MR) is 88.6 cm³/mol. The predicted octanol–water partition coefficient (Wildman–Crippen LogP) is -15.9. The topological polar surface area (TPSA) is 647 Å². The smallest absolute Gasteiger partial charge is 0.126 e. The number of rotatable bonds is 0. The second kappa shape index (κ2) is 2720. The summed E-state index contributed by atoms with van der Waals surface area (Å²) in [6.07, 6.45) is 0. The van der Waals surface area contributed by atoms with E-state index < -0.39 is 0 Å². The molecule has 0 fully saturated rings. The van der Waals surface area contributed by atoms with Crippen molar-refractivity contribution in [1.29, 1.82) is 0 Å². The Morgan fingerprint density at radius 1 is 0.292 bits per heavy atom. The van der Waals surface area contributed by atoms with Crippen molar-refractivity contribution in [2.75, 3.05) is 0 Å². The highest BCUT2D eigenvalue weighted by molar-refractivity contribution is 5.72. The molecular formula is C3H46O21. The molecule has 0 unspecified atom stereocenters. The third-order valence-electron chi connectivity index (χ3n) is 0. The van der Waals surface area contributed by atoms with Crippen molar-refractivity contribution < 1.29 is 114 Å². The summed E-state index contributed by atoms with van der Waals surface area (Å²) in [5, 5.41) is 0. The zero-order chi connectivity index (χ0) is 3.58. The molecule has 0 aromatic carbocycles. The SMILES string of the molecule is CC(C)=O.O.O.O.O.O.O.O.O.O.O.O.O.O.O.O.O.O.O.O.O. The van der Waals surface area contributed by atoms with Crippen LogP contribution >= 0.6 is 0 Å². The summed E-state index contributed by atoms with van der Waals surface area (Å²) in [6, 6.07) is 0. The van der Waals surface area contributed by atoms with Crippen LogP contribution in [0.4, 0.5) is 0 Å². The molecule has 0 saturated carbocycles. The van der Waals surface area contributed by atoms with Gasteiger partial charge in [-0.2, -0.15) is 0 Å². The minimum Gasteiger partial charge on any atom is -0.412 e. The van der Waals surface area contributed by atoms with Crippen LogP contribution < -0.4 is 0 Å². The Morgan fingerprint density at radius 2 is 0.292 bits per heavy atom. The molecule has 21 heteroatoms. The van der Waals surface area contributed by atoms with Crippen molar-refractivity contribution in [3.63, 3.8) is 0 Å². The van der Waals surface area contributed by atoms with Crippen LogP contribution in [0, 0.1) is 0 Å². The van der Waals surface area contributed by atoms with Gasteiger partial charge in [-0.3, -0.25) is 0 Å². The number of carbonyl (C=O) groups excluding carboxylic acids is 1. The molecule has 0 radical (unpaired) electrons. The van der Waals surface area contributed by atoms with E-state index in [4.69, 9.17) is 0 Å². The zero-order valence-corrected chi connectivity index (χ0v) is 12.9. The van der Waals surface area contributed by atoms with Crippen LogP contribution in [0.2, 0.25) is 0 Å². The van der Waals surface area contributed by atoms with Crippen molar-refractivity contribution in [3.05, 3.63) is 0 Å². The Hall–Kier alpha value is -1.13. The zero-order valence-electron chi connectivity index (χ0n) is 12.9. The molecule has 0 aliphatic heterocycles. The lowest BCUT2D eigenvalue weighted by Crippen LogP contribution is -1.69. The van der Waals surface area contributed by atoms with Gasteiger partial charge in [0.1, 0.15) is 5.78 Å². The van der Waals surface area contributed by atoms with Gasteiger partial charge in [0.05, 0.1) is 0 Å². The molecular weight excluding hydrogens is 372 g/mol. The fourth-order valence-electron chi connectivity index (χ4n) is 0. The van der Waals surface area contributed by atoms with Crippen molar-refractivity contribution in [2.45, 2.75) is 13.8 Å². The fraction of sp³-hybridized carbons (Fsp3) is 0.667. The second-order valence-electron chi connectivity index (χ2n) is 0.908. The van der Waals surface area contributed by atoms with Crippen molar-refractivity contribution in [3.8, 4) is 0 Å². The largest absolute Gasteiger partial charge is 0.412 e. The summed E-state index contributed by atoms with van der Waals surface area (Å²) in [5.41, 5.74) is 0. The Labute approximate surface area is 135 Å². The van der Waals surface area contributed by atoms with E-state index in [2.05, 4.69) is 0 Å². The van der Waals surface area contributed by atoms with Crippen LogP contribution in [0.15, 0.2) is 0 Å². The van der Waals surface area contributed by atoms with Crippen molar-refractivity contribution >= 4 is 5.78 Å². The van der Waals surface area contributed by atoms with Gasteiger partial charge in [0.25, 0.3) is 0 Å². The monoisotopic (exact) mass is 418 g/mol. The Morgan fingerprint density at radius 3 is 0.292 bits per heavy atom. The Balaban J connectivity index is -0.000000000237. The number of hydrogen-bond donors (Lipinski definition) is 0. The summed E-state index contributed by atoms with van der Waals surface area (Å²) in [5.74, 6) is 0.167. The second-order valence-corrected chi connectivity index (χ2v) is 0.908. The van der Waals surface area contributed by atoms with E-state index in [1.54, 1.807) is 0 Å². The van der Waals surface area contributed by atoms with E-state index in [1.807, 2.05) is 0 Å². The average molecular weight is 418 g/mol. The van der Waals surface area contributed by atoms with Crippen LogP contribution in [-0.2, 0) is 4.79 Å². The molecule has 40 N–H and O–H groups in total. The number of hydrogen-bond acceptors (Lipinski definition) is 1. The first-order valence-electron chi connectivity index (χ1n) is 1.20. The van der Waals surface area contributed by atoms with Gasteiger partial charge in [-0.1, -0.05) is 0 Å². The molecule has 21 nitrogen and oxygen atoms in total. The Bertz CT molecular complexity index is 36.1. The summed E-state index contributed by atoms with van der Waals surface area (Å²) in [4.78, 5) is 9.44. The first kappa shape index (κ1) is 3130. The first-order valence-corrected chi connectivity index (χ1v) is 1.20. The van der Waals surface area contributed by atoms with Gasteiger partial charge in [0, 0.05) is 0 Å². The maximum atomic E-state index is 9.44. The molecule has 0 atom stereocenters. The van der Waals surface area contributed by atoms with Crippen LogP contribution in [0.25, 0.3) is 0 Å². The molecule has 0 spiro atoms. The molecule has 0 bridgehead atoms. The standard InChI is InChI=1S/C3H6O.20H2O/c1-3(2)4;;;;;;;;;;;;;;;;;;;;/h1-2H3;20*1H2. The van der Waals surface area contributed by atoms with Crippen LogP contribution in [-0.4, -0.2) is 115 Å². The van der Waals surface area contributed by atoms with Crippen LogP contribution in [0.3, 0.4) is 0 Å². The van der Waals surface area contributed by atoms with E-state index in [1.165, 1.54) is 13.8 Å². The van der Waals surface area contributed by atoms with Gasteiger partial charge >= 0.3 is 0 Å². The molecule has 0 aromatic rings.